The van der Waals surface area contributed by atoms with Crippen molar-refractivity contribution < 1.29 is 8.42 Å². The van der Waals surface area contributed by atoms with Crippen LogP contribution in [-0.4, -0.2) is 38.0 Å². The van der Waals surface area contributed by atoms with Gasteiger partial charge in [0.25, 0.3) is 0 Å². The zero-order chi connectivity index (χ0) is 12.5. The molecule has 1 fully saturated rings. The van der Waals surface area contributed by atoms with Crippen LogP contribution in [0.2, 0.25) is 0 Å². The van der Waals surface area contributed by atoms with Crippen molar-refractivity contribution in [3.05, 3.63) is 23.9 Å². The van der Waals surface area contributed by atoms with E-state index in [0.29, 0.717) is 13.1 Å². The lowest BCUT2D eigenvalue weighted by Gasteiger charge is -2.29. The van der Waals surface area contributed by atoms with E-state index in [0.717, 1.165) is 11.4 Å². The standard InChI is InChI=1S/C11H17N3O2S/c1-9(12)10-3-2-4-13-11(10)14-5-7-17(15,16)8-6-14/h2-4,9H,5-8,12H2,1H3/t9-/m0/s1. The molecule has 0 amide bonds. The first-order chi connectivity index (χ1) is 7.99. The van der Waals surface area contributed by atoms with Crippen molar-refractivity contribution >= 4 is 15.7 Å². The molecular weight excluding hydrogens is 238 g/mol. The summed E-state index contributed by atoms with van der Waals surface area (Å²) in [6.45, 7) is 2.90. The maximum Gasteiger partial charge on any atom is 0.153 e. The SMILES string of the molecule is C[C@H](N)c1cccnc1N1CCS(=O)(=O)CC1. The number of aromatic nitrogens is 1. The Labute approximate surface area is 102 Å². The van der Waals surface area contributed by atoms with Crippen molar-refractivity contribution in [2.45, 2.75) is 13.0 Å². The third kappa shape index (κ3) is 2.76. The molecule has 2 rings (SSSR count). The average molecular weight is 255 g/mol. The van der Waals surface area contributed by atoms with Gasteiger partial charge in [-0.1, -0.05) is 6.07 Å². The molecule has 94 valence electrons. The largest absolute Gasteiger partial charge is 0.354 e. The van der Waals surface area contributed by atoms with Gasteiger partial charge in [-0.15, -0.1) is 0 Å². The van der Waals surface area contributed by atoms with Crippen molar-refractivity contribution in [3.63, 3.8) is 0 Å². The predicted molar refractivity (Wildman–Crippen MR) is 67.7 cm³/mol. The van der Waals surface area contributed by atoms with Gasteiger partial charge in [-0.05, 0) is 13.0 Å². The van der Waals surface area contributed by atoms with Gasteiger partial charge in [0.05, 0.1) is 11.5 Å². The van der Waals surface area contributed by atoms with E-state index in [4.69, 9.17) is 5.73 Å². The molecule has 1 aromatic heterocycles. The molecule has 5 nitrogen and oxygen atoms in total. The summed E-state index contributed by atoms with van der Waals surface area (Å²) in [7, 11) is -2.86. The molecule has 1 atom stereocenters. The number of hydrogen-bond acceptors (Lipinski definition) is 5. The first-order valence-corrected chi connectivity index (χ1v) is 7.47. The second-order valence-corrected chi connectivity index (χ2v) is 6.65. The van der Waals surface area contributed by atoms with Gasteiger partial charge in [-0.3, -0.25) is 0 Å². The van der Waals surface area contributed by atoms with Crippen LogP contribution in [-0.2, 0) is 9.84 Å². The van der Waals surface area contributed by atoms with E-state index in [9.17, 15) is 8.42 Å². The average Bonchev–Trinajstić information content (AvgIpc) is 2.29. The number of sulfone groups is 1. The van der Waals surface area contributed by atoms with Crippen LogP contribution < -0.4 is 10.6 Å². The van der Waals surface area contributed by atoms with Crippen LogP contribution in [0.15, 0.2) is 18.3 Å². The molecule has 0 aliphatic carbocycles. The zero-order valence-electron chi connectivity index (χ0n) is 9.83. The molecule has 1 aliphatic rings. The molecule has 0 radical (unpaired) electrons. The highest BCUT2D eigenvalue weighted by molar-refractivity contribution is 7.91. The van der Waals surface area contributed by atoms with E-state index < -0.39 is 9.84 Å². The summed E-state index contributed by atoms with van der Waals surface area (Å²) in [5.74, 6) is 1.21. The maximum atomic E-state index is 11.4. The van der Waals surface area contributed by atoms with Gasteiger partial charge in [-0.2, -0.15) is 0 Å². The molecule has 0 aromatic carbocycles. The lowest BCUT2D eigenvalue weighted by molar-refractivity contribution is 0.586. The highest BCUT2D eigenvalue weighted by Crippen LogP contribution is 2.23. The van der Waals surface area contributed by atoms with Crippen LogP contribution in [0.5, 0.6) is 0 Å². The molecule has 17 heavy (non-hydrogen) atoms. The fraction of sp³-hybridized carbons (Fsp3) is 0.545. The molecule has 2 heterocycles. The molecule has 6 heteroatoms. The van der Waals surface area contributed by atoms with Crippen molar-refractivity contribution in [1.29, 1.82) is 0 Å². The van der Waals surface area contributed by atoms with E-state index in [-0.39, 0.29) is 17.5 Å². The summed E-state index contributed by atoms with van der Waals surface area (Å²) in [5.41, 5.74) is 6.85. The lowest BCUT2D eigenvalue weighted by atomic mass is 10.1. The van der Waals surface area contributed by atoms with E-state index in [1.165, 1.54) is 0 Å². The van der Waals surface area contributed by atoms with Crippen molar-refractivity contribution in [2.24, 2.45) is 5.73 Å². The number of nitrogens with two attached hydrogens (primary N) is 1. The first-order valence-electron chi connectivity index (χ1n) is 5.65. The molecule has 1 aliphatic heterocycles. The topological polar surface area (TPSA) is 76.3 Å². The van der Waals surface area contributed by atoms with Gasteiger partial charge in [0.1, 0.15) is 5.82 Å². The molecule has 0 saturated carbocycles. The van der Waals surface area contributed by atoms with Crippen LogP contribution in [0.3, 0.4) is 0 Å². The Kier molecular flexibility index (Phi) is 3.35. The molecule has 0 spiro atoms. The summed E-state index contributed by atoms with van der Waals surface area (Å²) in [6.07, 6.45) is 1.71. The molecule has 2 N–H and O–H groups in total. The Balaban J connectivity index is 2.24. The number of rotatable bonds is 2. The highest BCUT2D eigenvalue weighted by Gasteiger charge is 2.24. The second-order valence-electron chi connectivity index (χ2n) is 4.34. The van der Waals surface area contributed by atoms with E-state index in [1.54, 1.807) is 6.20 Å². The van der Waals surface area contributed by atoms with Gasteiger partial charge >= 0.3 is 0 Å². The van der Waals surface area contributed by atoms with Crippen LogP contribution >= 0.6 is 0 Å². The first kappa shape index (κ1) is 12.3. The van der Waals surface area contributed by atoms with E-state index in [1.807, 2.05) is 24.0 Å². The number of nitrogens with zero attached hydrogens (tertiary/aromatic N) is 2. The summed E-state index contributed by atoms with van der Waals surface area (Å²) in [4.78, 5) is 6.32. The van der Waals surface area contributed by atoms with E-state index >= 15 is 0 Å². The van der Waals surface area contributed by atoms with Crippen molar-refractivity contribution in [1.82, 2.24) is 4.98 Å². The quantitative estimate of drug-likeness (QED) is 0.824. The van der Waals surface area contributed by atoms with Gasteiger partial charge in [0.2, 0.25) is 0 Å². The Morgan fingerprint density at radius 3 is 2.65 bits per heavy atom. The minimum Gasteiger partial charge on any atom is -0.354 e. The second kappa shape index (κ2) is 4.62. The highest BCUT2D eigenvalue weighted by atomic mass is 32.2. The number of pyridine rings is 1. The monoisotopic (exact) mass is 255 g/mol. The predicted octanol–water partition coefficient (Wildman–Crippen LogP) is 0.336. The number of anilines is 1. The van der Waals surface area contributed by atoms with Gasteiger partial charge in [0, 0.05) is 30.9 Å². The normalized spacial score (nSPS) is 21.2. The van der Waals surface area contributed by atoms with Crippen molar-refractivity contribution in [3.8, 4) is 0 Å². The van der Waals surface area contributed by atoms with Crippen LogP contribution in [0, 0.1) is 0 Å². The molecule has 0 unspecified atom stereocenters. The van der Waals surface area contributed by atoms with Crippen LogP contribution in [0.25, 0.3) is 0 Å². The van der Waals surface area contributed by atoms with Crippen LogP contribution in [0.4, 0.5) is 5.82 Å². The minimum atomic E-state index is -2.86. The molecule has 1 saturated heterocycles. The van der Waals surface area contributed by atoms with Gasteiger partial charge < -0.3 is 10.6 Å². The molecule has 1 aromatic rings. The summed E-state index contributed by atoms with van der Waals surface area (Å²) >= 11 is 0. The third-order valence-corrected chi connectivity index (χ3v) is 4.56. The third-order valence-electron chi connectivity index (χ3n) is 2.95. The zero-order valence-corrected chi connectivity index (χ0v) is 10.7. The number of hydrogen-bond donors (Lipinski definition) is 1. The van der Waals surface area contributed by atoms with Gasteiger partial charge in [-0.25, -0.2) is 13.4 Å². The maximum absolute atomic E-state index is 11.4. The lowest BCUT2D eigenvalue weighted by Crippen LogP contribution is -2.41. The summed E-state index contributed by atoms with van der Waals surface area (Å²) in [6, 6.07) is 3.69. The van der Waals surface area contributed by atoms with Crippen molar-refractivity contribution in [2.75, 3.05) is 29.5 Å². The molecular formula is C11H17N3O2S. The fourth-order valence-electron chi connectivity index (χ4n) is 1.95. The van der Waals surface area contributed by atoms with Crippen LogP contribution in [0.1, 0.15) is 18.5 Å². The summed E-state index contributed by atoms with van der Waals surface area (Å²) in [5, 5.41) is 0. The smallest absolute Gasteiger partial charge is 0.153 e. The Morgan fingerprint density at radius 1 is 1.41 bits per heavy atom. The fourth-order valence-corrected chi connectivity index (χ4v) is 3.15. The molecule has 0 bridgehead atoms. The van der Waals surface area contributed by atoms with Gasteiger partial charge in [0.15, 0.2) is 9.84 Å². The Bertz CT molecular complexity index is 485. The Hall–Kier alpha value is -1.14. The van der Waals surface area contributed by atoms with E-state index in [2.05, 4.69) is 4.98 Å². The Morgan fingerprint density at radius 2 is 2.06 bits per heavy atom. The minimum absolute atomic E-state index is 0.0998. The summed E-state index contributed by atoms with van der Waals surface area (Å²) < 4.78 is 22.7.